The van der Waals surface area contributed by atoms with E-state index in [1.807, 2.05) is 6.92 Å². The molecule has 1 fully saturated rings. The highest BCUT2D eigenvalue weighted by atomic mass is 32.2. The van der Waals surface area contributed by atoms with E-state index in [1.165, 1.54) is 35.9 Å². The minimum Gasteiger partial charge on any atom is -0.347 e. The van der Waals surface area contributed by atoms with Crippen molar-refractivity contribution in [1.82, 2.24) is 26.2 Å². The van der Waals surface area contributed by atoms with Gasteiger partial charge in [0, 0.05) is 19.4 Å². The Labute approximate surface area is 234 Å². The lowest BCUT2D eigenvalue weighted by Gasteiger charge is -2.14. The normalized spacial score (nSPS) is 14.9. The number of hydrogen-bond acceptors (Lipinski definition) is 8. The summed E-state index contributed by atoms with van der Waals surface area (Å²) in [6.07, 6.45) is 7.06. The van der Waals surface area contributed by atoms with Crippen LogP contribution in [0.1, 0.15) is 71.6 Å². The maximum absolute atomic E-state index is 12.2. The molecule has 1 unspecified atom stereocenters. The number of thioether (sulfide) groups is 2. The molecule has 4 N–H and O–H groups in total. The van der Waals surface area contributed by atoms with Gasteiger partial charge in [0.1, 0.15) is 0 Å². The molecule has 216 valence electrons. The van der Waals surface area contributed by atoms with Gasteiger partial charge in [0.15, 0.2) is 0 Å². The van der Waals surface area contributed by atoms with E-state index in [0.29, 0.717) is 31.7 Å². The molecule has 38 heavy (non-hydrogen) atoms. The topological polar surface area (TPSA) is 154 Å². The van der Waals surface area contributed by atoms with Gasteiger partial charge in [0.2, 0.25) is 35.4 Å². The third-order valence-electron chi connectivity index (χ3n) is 5.71. The van der Waals surface area contributed by atoms with Crippen molar-refractivity contribution in [3.8, 4) is 0 Å². The van der Waals surface area contributed by atoms with Crippen LogP contribution in [0.25, 0.3) is 0 Å². The zero-order chi connectivity index (χ0) is 28.2. The first-order valence-electron chi connectivity index (χ1n) is 13.4. The van der Waals surface area contributed by atoms with Crippen LogP contribution in [0.5, 0.6) is 0 Å². The molecule has 1 aliphatic heterocycles. The predicted molar refractivity (Wildman–Crippen MR) is 150 cm³/mol. The summed E-state index contributed by atoms with van der Waals surface area (Å²) in [5, 5.41) is 9.77. The fraction of sp³-hybridized carbons (Fsp3) is 0.760. The molecule has 1 saturated heterocycles. The van der Waals surface area contributed by atoms with Gasteiger partial charge in [-0.3, -0.25) is 33.7 Å². The summed E-state index contributed by atoms with van der Waals surface area (Å²) in [6.45, 7) is 3.77. The number of nitrogens with one attached hydrogen (secondary N) is 4. The van der Waals surface area contributed by atoms with E-state index in [4.69, 9.17) is 0 Å². The quantitative estimate of drug-likeness (QED) is 0.0907. The van der Waals surface area contributed by atoms with E-state index in [0.717, 1.165) is 17.9 Å². The largest absolute Gasteiger partial charge is 0.347 e. The van der Waals surface area contributed by atoms with Gasteiger partial charge in [-0.2, -0.15) is 0 Å². The van der Waals surface area contributed by atoms with Gasteiger partial charge < -0.3 is 21.3 Å². The molecular formula is C25H43N5O6S2. The molecule has 1 rings (SSSR count). The van der Waals surface area contributed by atoms with Crippen molar-refractivity contribution in [2.45, 2.75) is 76.9 Å². The molecule has 0 aromatic rings. The first kappa shape index (κ1) is 33.7. The summed E-state index contributed by atoms with van der Waals surface area (Å²) < 4.78 is 0. The Balaban J connectivity index is 2.03. The molecule has 0 saturated carbocycles. The van der Waals surface area contributed by atoms with Crippen molar-refractivity contribution in [3.05, 3.63) is 0 Å². The van der Waals surface area contributed by atoms with E-state index in [2.05, 4.69) is 28.2 Å². The van der Waals surface area contributed by atoms with Gasteiger partial charge >= 0.3 is 0 Å². The van der Waals surface area contributed by atoms with Crippen molar-refractivity contribution in [3.63, 3.8) is 0 Å². The Hall–Kier alpha value is -2.28. The molecule has 6 amide bonds. The first-order chi connectivity index (χ1) is 18.3. The van der Waals surface area contributed by atoms with Crippen LogP contribution in [0.15, 0.2) is 0 Å². The number of amides is 6. The van der Waals surface area contributed by atoms with E-state index in [-0.39, 0.29) is 61.4 Å². The molecule has 0 aromatic carbocycles. The standard InChI is InChI=1S/C25H43N5O6S2/c1-3-5-6-10-13-37-18-29-23(34)17-28-22(33)16-27-21(32)15-26-20(31)11-8-7-9-12-30-24(35)14-19(25(30)36)38-4-2/h19H,3-18H2,1-2H3,(H,26,31)(H,27,32)(H,28,33)(H,29,34). The van der Waals surface area contributed by atoms with Crippen LogP contribution in [0, 0.1) is 0 Å². The van der Waals surface area contributed by atoms with Crippen LogP contribution >= 0.6 is 23.5 Å². The molecular weight excluding hydrogens is 530 g/mol. The van der Waals surface area contributed by atoms with Crippen LogP contribution in [0.2, 0.25) is 0 Å². The van der Waals surface area contributed by atoms with Crippen molar-refractivity contribution >= 4 is 59.0 Å². The lowest BCUT2D eigenvalue weighted by Crippen LogP contribution is -2.44. The lowest BCUT2D eigenvalue weighted by molar-refractivity contribution is -0.138. The molecule has 0 radical (unpaired) electrons. The number of rotatable bonds is 21. The minimum atomic E-state index is -0.511. The van der Waals surface area contributed by atoms with Crippen molar-refractivity contribution in [2.75, 3.05) is 43.6 Å². The number of nitrogens with zero attached hydrogens (tertiary/aromatic N) is 1. The molecule has 0 aliphatic carbocycles. The highest BCUT2D eigenvalue weighted by Crippen LogP contribution is 2.25. The number of imide groups is 1. The fourth-order valence-electron chi connectivity index (χ4n) is 3.60. The number of unbranched alkanes of at least 4 members (excludes halogenated alkanes) is 5. The van der Waals surface area contributed by atoms with Gasteiger partial charge in [-0.25, -0.2) is 0 Å². The Morgan fingerprint density at radius 3 is 2.03 bits per heavy atom. The average molecular weight is 574 g/mol. The number of hydrogen-bond donors (Lipinski definition) is 4. The SMILES string of the molecule is CCCCCCSCNC(=O)CNC(=O)CNC(=O)CNC(=O)CCCCCN1C(=O)CC(SCC)C1=O. The summed E-state index contributed by atoms with van der Waals surface area (Å²) >= 11 is 3.13. The number of carbonyl (C=O) groups is 6. The van der Waals surface area contributed by atoms with Gasteiger partial charge in [-0.15, -0.1) is 23.5 Å². The second-order valence-corrected chi connectivity index (χ2v) is 11.5. The second kappa shape index (κ2) is 20.7. The maximum atomic E-state index is 12.2. The van der Waals surface area contributed by atoms with E-state index < -0.39 is 11.8 Å². The smallest absolute Gasteiger partial charge is 0.242 e. The lowest BCUT2D eigenvalue weighted by atomic mass is 10.2. The summed E-state index contributed by atoms with van der Waals surface area (Å²) in [5.41, 5.74) is 0. The summed E-state index contributed by atoms with van der Waals surface area (Å²) in [5.74, 6) is 0.410. The Morgan fingerprint density at radius 1 is 0.789 bits per heavy atom. The minimum absolute atomic E-state index is 0.120. The van der Waals surface area contributed by atoms with Gasteiger partial charge in [-0.1, -0.05) is 39.5 Å². The van der Waals surface area contributed by atoms with Crippen LogP contribution in [0.3, 0.4) is 0 Å². The molecule has 1 atom stereocenters. The maximum Gasteiger partial charge on any atom is 0.242 e. The molecule has 1 aliphatic rings. The zero-order valence-corrected chi connectivity index (χ0v) is 24.2. The van der Waals surface area contributed by atoms with Crippen molar-refractivity contribution in [2.24, 2.45) is 0 Å². The summed E-state index contributed by atoms with van der Waals surface area (Å²) in [6, 6.07) is 0. The number of carbonyl (C=O) groups excluding carboxylic acids is 6. The van der Waals surface area contributed by atoms with Crippen LogP contribution in [-0.4, -0.2) is 89.2 Å². The first-order valence-corrected chi connectivity index (χ1v) is 15.6. The zero-order valence-electron chi connectivity index (χ0n) is 22.6. The molecule has 13 heteroatoms. The molecule has 11 nitrogen and oxygen atoms in total. The average Bonchev–Trinajstić information content (AvgIpc) is 3.16. The van der Waals surface area contributed by atoms with E-state index >= 15 is 0 Å². The van der Waals surface area contributed by atoms with Gasteiger partial charge in [0.05, 0.1) is 30.8 Å². The number of likely N-dealkylation sites (tertiary alicyclic amines) is 1. The van der Waals surface area contributed by atoms with E-state index in [9.17, 15) is 28.8 Å². The highest BCUT2D eigenvalue weighted by molar-refractivity contribution is 8.00. The molecule has 0 aromatic heterocycles. The van der Waals surface area contributed by atoms with Crippen LogP contribution < -0.4 is 21.3 Å². The summed E-state index contributed by atoms with van der Waals surface area (Å²) in [4.78, 5) is 72.9. The third kappa shape index (κ3) is 15.2. The third-order valence-corrected chi connectivity index (χ3v) is 7.74. The van der Waals surface area contributed by atoms with Crippen molar-refractivity contribution < 1.29 is 28.8 Å². The van der Waals surface area contributed by atoms with Gasteiger partial charge in [0.25, 0.3) is 0 Å². The Kier molecular flexibility index (Phi) is 18.3. The molecule has 0 bridgehead atoms. The Morgan fingerprint density at radius 2 is 1.39 bits per heavy atom. The van der Waals surface area contributed by atoms with Crippen LogP contribution in [0.4, 0.5) is 0 Å². The van der Waals surface area contributed by atoms with Gasteiger partial charge in [-0.05, 0) is 30.8 Å². The second-order valence-electron chi connectivity index (χ2n) is 8.89. The van der Waals surface area contributed by atoms with Crippen LogP contribution in [-0.2, 0) is 28.8 Å². The van der Waals surface area contributed by atoms with Crippen molar-refractivity contribution in [1.29, 1.82) is 0 Å². The fourth-order valence-corrected chi connectivity index (χ4v) is 5.35. The summed E-state index contributed by atoms with van der Waals surface area (Å²) in [7, 11) is 0. The Bertz CT molecular complexity index is 798. The predicted octanol–water partition coefficient (Wildman–Crippen LogP) is 1.16. The molecule has 1 heterocycles. The monoisotopic (exact) mass is 573 g/mol. The molecule has 0 spiro atoms. The highest BCUT2D eigenvalue weighted by Gasteiger charge is 2.37. The van der Waals surface area contributed by atoms with E-state index in [1.54, 1.807) is 11.8 Å².